The van der Waals surface area contributed by atoms with Crippen molar-refractivity contribution in [2.24, 2.45) is 0 Å². The normalized spacial score (nSPS) is 19.8. The minimum atomic E-state index is 0.333. The molecule has 1 fully saturated rings. The summed E-state index contributed by atoms with van der Waals surface area (Å²) in [7, 11) is 0. The predicted octanol–water partition coefficient (Wildman–Crippen LogP) is 2.59. The van der Waals surface area contributed by atoms with Gasteiger partial charge in [0.05, 0.1) is 6.61 Å². The fourth-order valence-corrected chi connectivity index (χ4v) is 1.30. The predicted molar refractivity (Wildman–Crippen MR) is 55.8 cm³/mol. The maximum Gasteiger partial charge on any atom is 0.119 e. The zero-order valence-electron chi connectivity index (χ0n) is 8.69. The second-order valence-electron chi connectivity index (χ2n) is 3.99. The van der Waals surface area contributed by atoms with Gasteiger partial charge in [0, 0.05) is 0 Å². The third kappa shape index (κ3) is 2.48. The van der Waals surface area contributed by atoms with Crippen LogP contribution in [0.4, 0.5) is 0 Å². The summed E-state index contributed by atoms with van der Waals surface area (Å²) in [6.45, 7) is 5.91. The molecule has 0 aromatic heterocycles. The summed E-state index contributed by atoms with van der Waals surface area (Å²) in [4.78, 5) is 0. The topological polar surface area (TPSA) is 21.8 Å². The SMILES string of the molecule is CC(C)c1ccc(OCC2CO2)cc1. The number of rotatable bonds is 4. The Kier molecular flexibility index (Phi) is 2.73. The van der Waals surface area contributed by atoms with Crippen LogP contribution >= 0.6 is 0 Å². The lowest BCUT2D eigenvalue weighted by molar-refractivity contribution is 0.263. The Morgan fingerprint density at radius 1 is 1.36 bits per heavy atom. The Labute approximate surface area is 84.8 Å². The van der Waals surface area contributed by atoms with Gasteiger partial charge >= 0.3 is 0 Å². The molecule has 0 radical (unpaired) electrons. The van der Waals surface area contributed by atoms with Crippen molar-refractivity contribution in [1.29, 1.82) is 0 Å². The molecule has 14 heavy (non-hydrogen) atoms. The Hall–Kier alpha value is -1.02. The van der Waals surface area contributed by atoms with Crippen molar-refractivity contribution < 1.29 is 9.47 Å². The molecule has 2 heteroatoms. The second-order valence-corrected chi connectivity index (χ2v) is 3.99. The zero-order chi connectivity index (χ0) is 9.97. The molecule has 1 saturated heterocycles. The summed E-state index contributed by atoms with van der Waals surface area (Å²) < 4.78 is 10.6. The quantitative estimate of drug-likeness (QED) is 0.684. The van der Waals surface area contributed by atoms with Gasteiger partial charge in [-0.15, -0.1) is 0 Å². The monoisotopic (exact) mass is 192 g/mol. The molecule has 0 spiro atoms. The maximum atomic E-state index is 5.54. The van der Waals surface area contributed by atoms with Crippen LogP contribution < -0.4 is 4.74 Å². The molecule has 0 amide bonds. The highest BCUT2D eigenvalue weighted by molar-refractivity contribution is 5.28. The highest BCUT2D eigenvalue weighted by atomic mass is 16.6. The van der Waals surface area contributed by atoms with Crippen LogP contribution in [0.1, 0.15) is 25.3 Å². The van der Waals surface area contributed by atoms with E-state index in [-0.39, 0.29) is 0 Å². The molecule has 1 aliphatic heterocycles. The van der Waals surface area contributed by atoms with Gasteiger partial charge in [-0.3, -0.25) is 0 Å². The van der Waals surface area contributed by atoms with Crippen LogP contribution in [0.5, 0.6) is 5.75 Å². The van der Waals surface area contributed by atoms with Crippen LogP contribution in [0.2, 0.25) is 0 Å². The van der Waals surface area contributed by atoms with E-state index in [1.54, 1.807) is 0 Å². The van der Waals surface area contributed by atoms with Gasteiger partial charge in [-0.2, -0.15) is 0 Å². The fourth-order valence-electron chi connectivity index (χ4n) is 1.30. The lowest BCUT2D eigenvalue weighted by Crippen LogP contribution is -2.03. The summed E-state index contributed by atoms with van der Waals surface area (Å²) in [5.41, 5.74) is 1.35. The summed E-state index contributed by atoms with van der Waals surface area (Å²) in [5, 5.41) is 0. The van der Waals surface area contributed by atoms with Gasteiger partial charge in [-0.1, -0.05) is 26.0 Å². The van der Waals surface area contributed by atoms with Crippen LogP contribution in [0.15, 0.2) is 24.3 Å². The van der Waals surface area contributed by atoms with Crippen LogP contribution in [0.3, 0.4) is 0 Å². The number of benzene rings is 1. The third-order valence-corrected chi connectivity index (χ3v) is 2.39. The molecule has 2 nitrogen and oxygen atoms in total. The second kappa shape index (κ2) is 4.01. The van der Waals surface area contributed by atoms with Crippen LogP contribution in [0.25, 0.3) is 0 Å². The van der Waals surface area contributed by atoms with E-state index in [2.05, 4.69) is 26.0 Å². The minimum Gasteiger partial charge on any atom is -0.491 e. The van der Waals surface area contributed by atoms with E-state index >= 15 is 0 Å². The molecule has 1 heterocycles. The molecular formula is C12H16O2. The largest absolute Gasteiger partial charge is 0.491 e. The first-order valence-corrected chi connectivity index (χ1v) is 5.10. The number of ether oxygens (including phenoxy) is 2. The molecule has 1 aliphatic rings. The lowest BCUT2D eigenvalue weighted by atomic mass is 10.0. The van der Waals surface area contributed by atoms with Gasteiger partial charge < -0.3 is 9.47 Å². The molecule has 0 aliphatic carbocycles. The molecule has 1 atom stereocenters. The van der Waals surface area contributed by atoms with E-state index < -0.39 is 0 Å². The molecule has 1 unspecified atom stereocenters. The van der Waals surface area contributed by atoms with Crippen molar-refractivity contribution >= 4 is 0 Å². The highest BCUT2D eigenvalue weighted by Gasteiger charge is 2.22. The van der Waals surface area contributed by atoms with Gasteiger partial charge in [0.2, 0.25) is 0 Å². The van der Waals surface area contributed by atoms with Crippen molar-refractivity contribution in [1.82, 2.24) is 0 Å². The van der Waals surface area contributed by atoms with Crippen molar-refractivity contribution in [2.45, 2.75) is 25.9 Å². The van der Waals surface area contributed by atoms with Crippen molar-refractivity contribution in [3.8, 4) is 5.75 Å². The van der Waals surface area contributed by atoms with Crippen molar-refractivity contribution in [3.05, 3.63) is 29.8 Å². The van der Waals surface area contributed by atoms with E-state index in [1.165, 1.54) is 5.56 Å². The third-order valence-electron chi connectivity index (χ3n) is 2.39. The minimum absolute atomic E-state index is 0.333. The van der Waals surface area contributed by atoms with E-state index in [4.69, 9.17) is 9.47 Å². The maximum absolute atomic E-state index is 5.54. The van der Waals surface area contributed by atoms with Crippen molar-refractivity contribution in [3.63, 3.8) is 0 Å². The van der Waals surface area contributed by atoms with Gasteiger partial charge in [0.1, 0.15) is 18.5 Å². The first kappa shape index (κ1) is 9.53. The Balaban J connectivity index is 1.91. The molecular weight excluding hydrogens is 176 g/mol. The standard InChI is InChI=1S/C12H16O2/c1-9(2)10-3-5-11(6-4-10)13-7-12-8-14-12/h3-6,9,12H,7-8H2,1-2H3. The zero-order valence-corrected chi connectivity index (χ0v) is 8.69. The highest BCUT2D eigenvalue weighted by Crippen LogP contribution is 2.19. The van der Waals surface area contributed by atoms with Gasteiger partial charge in [-0.05, 0) is 23.6 Å². The average molecular weight is 192 g/mol. The molecule has 1 aromatic rings. The van der Waals surface area contributed by atoms with Gasteiger partial charge in [0.25, 0.3) is 0 Å². The molecule has 0 saturated carbocycles. The molecule has 0 N–H and O–H groups in total. The molecule has 0 bridgehead atoms. The van der Waals surface area contributed by atoms with Crippen LogP contribution in [0, 0.1) is 0 Å². The van der Waals surface area contributed by atoms with E-state index in [1.807, 2.05) is 12.1 Å². The fraction of sp³-hybridized carbons (Fsp3) is 0.500. The number of epoxide rings is 1. The molecule has 1 aromatic carbocycles. The number of hydrogen-bond acceptors (Lipinski definition) is 2. The Morgan fingerprint density at radius 2 is 2.00 bits per heavy atom. The summed E-state index contributed by atoms with van der Waals surface area (Å²) >= 11 is 0. The first-order chi connectivity index (χ1) is 6.75. The lowest BCUT2D eigenvalue weighted by Gasteiger charge is -2.07. The molecule has 2 rings (SSSR count). The van der Waals surface area contributed by atoms with Crippen LogP contribution in [-0.4, -0.2) is 19.3 Å². The number of hydrogen-bond donors (Lipinski definition) is 0. The van der Waals surface area contributed by atoms with Crippen LogP contribution in [-0.2, 0) is 4.74 Å². The summed E-state index contributed by atoms with van der Waals surface area (Å²) in [6.07, 6.45) is 0.333. The summed E-state index contributed by atoms with van der Waals surface area (Å²) in [5.74, 6) is 1.51. The Morgan fingerprint density at radius 3 is 2.50 bits per heavy atom. The van der Waals surface area contributed by atoms with E-state index in [9.17, 15) is 0 Å². The van der Waals surface area contributed by atoms with E-state index in [0.29, 0.717) is 18.6 Å². The summed E-state index contributed by atoms with van der Waals surface area (Å²) in [6, 6.07) is 8.29. The smallest absolute Gasteiger partial charge is 0.119 e. The average Bonchev–Trinajstić information content (AvgIpc) is 2.99. The first-order valence-electron chi connectivity index (χ1n) is 5.10. The van der Waals surface area contributed by atoms with Crippen molar-refractivity contribution in [2.75, 3.05) is 13.2 Å². The van der Waals surface area contributed by atoms with E-state index in [0.717, 1.165) is 12.4 Å². The van der Waals surface area contributed by atoms with Gasteiger partial charge in [-0.25, -0.2) is 0 Å². The Bertz CT molecular complexity index is 286. The van der Waals surface area contributed by atoms with Gasteiger partial charge in [0.15, 0.2) is 0 Å². The molecule has 76 valence electrons.